The molecule has 25 heavy (non-hydrogen) atoms. The highest BCUT2D eigenvalue weighted by Gasteiger charge is 2.21. The molecule has 1 aromatic carbocycles. The lowest BCUT2D eigenvalue weighted by molar-refractivity contribution is -0.142. The molecule has 0 saturated heterocycles. The molecule has 0 fully saturated rings. The maximum absolute atomic E-state index is 11.8. The summed E-state index contributed by atoms with van der Waals surface area (Å²) in [4.78, 5) is 34.6. The minimum absolute atomic E-state index is 0.128. The van der Waals surface area contributed by atoms with E-state index in [1.54, 1.807) is 12.1 Å². The number of carboxylic acid groups (broad SMARTS) is 1. The van der Waals surface area contributed by atoms with Gasteiger partial charge in [0.2, 0.25) is 5.91 Å². The summed E-state index contributed by atoms with van der Waals surface area (Å²) in [6, 6.07) is 6.44. The first-order chi connectivity index (χ1) is 11.8. The van der Waals surface area contributed by atoms with Crippen molar-refractivity contribution >= 4 is 17.8 Å². The lowest BCUT2D eigenvalue weighted by atomic mass is 10.0. The molecule has 0 aliphatic carbocycles. The Kier molecular flexibility index (Phi) is 8.46. The molecular formula is C18H26N2O5. The van der Waals surface area contributed by atoms with Crippen molar-refractivity contribution in [3.05, 3.63) is 29.8 Å². The Morgan fingerprint density at radius 1 is 1.12 bits per heavy atom. The van der Waals surface area contributed by atoms with Crippen LogP contribution in [0.5, 0.6) is 5.75 Å². The maximum Gasteiger partial charge on any atom is 0.326 e. The molecule has 0 aromatic heterocycles. The summed E-state index contributed by atoms with van der Waals surface area (Å²) in [5.74, 6) is -1.39. The zero-order chi connectivity index (χ0) is 18.8. The third-order valence-electron chi connectivity index (χ3n) is 3.49. The van der Waals surface area contributed by atoms with Crippen LogP contribution in [0.15, 0.2) is 24.3 Å². The number of rotatable bonds is 10. The highest BCUT2D eigenvalue weighted by Crippen LogP contribution is 2.12. The summed E-state index contributed by atoms with van der Waals surface area (Å²) < 4.78 is 5.33. The minimum Gasteiger partial charge on any atom is -0.484 e. The molecule has 7 heteroatoms. The zero-order valence-corrected chi connectivity index (χ0v) is 14.9. The van der Waals surface area contributed by atoms with E-state index >= 15 is 0 Å². The van der Waals surface area contributed by atoms with Crippen LogP contribution in [0.2, 0.25) is 0 Å². The summed E-state index contributed by atoms with van der Waals surface area (Å²) in [6.45, 7) is 5.28. The van der Waals surface area contributed by atoms with Crippen LogP contribution in [-0.4, -0.2) is 42.1 Å². The van der Waals surface area contributed by atoms with Crippen molar-refractivity contribution in [2.45, 2.75) is 39.7 Å². The summed E-state index contributed by atoms with van der Waals surface area (Å²) in [6.07, 6.45) is 1.25. The normalized spacial score (nSPS) is 11.7. The molecule has 1 aromatic rings. The lowest BCUT2D eigenvalue weighted by Crippen LogP contribution is -2.46. The molecule has 0 spiro atoms. The van der Waals surface area contributed by atoms with E-state index in [4.69, 9.17) is 9.84 Å². The van der Waals surface area contributed by atoms with Crippen molar-refractivity contribution in [1.29, 1.82) is 0 Å². The Balaban J connectivity index is 2.34. The largest absolute Gasteiger partial charge is 0.484 e. The predicted octanol–water partition coefficient (Wildman–Crippen LogP) is 1.36. The third-order valence-corrected chi connectivity index (χ3v) is 3.49. The van der Waals surface area contributed by atoms with Gasteiger partial charge in [-0.25, -0.2) is 4.79 Å². The average Bonchev–Trinajstić information content (AvgIpc) is 2.57. The van der Waals surface area contributed by atoms with E-state index in [1.807, 2.05) is 32.9 Å². The maximum atomic E-state index is 11.8. The number of amides is 2. The Labute approximate surface area is 147 Å². The number of nitrogens with one attached hydrogen (secondary N) is 2. The van der Waals surface area contributed by atoms with Gasteiger partial charge in [0.05, 0.1) is 6.54 Å². The van der Waals surface area contributed by atoms with Gasteiger partial charge in [0.15, 0.2) is 6.61 Å². The first-order valence-corrected chi connectivity index (χ1v) is 8.32. The van der Waals surface area contributed by atoms with Crippen molar-refractivity contribution in [2.24, 2.45) is 5.92 Å². The third kappa shape index (κ3) is 8.19. The standard InChI is InChI=1S/C18H26N2O5/c1-4-13-5-7-14(8-6-13)25-11-17(22)19-10-16(21)20-15(18(23)24)9-12(2)3/h5-8,12,15H,4,9-11H2,1-3H3,(H,19,22)(H,20,21)(H,23,24)/t15-/m0/s1. The molecule has 0 unspecified atom stereocenters. The Morgan fingerprint density at radius 2 is 1.76 bits per heavy atom. The lowest BCUT2D eigenvalue weighted by Gasteiger charge is -2.16. The summed E-state index contributed by atoms with van der Waals surface area (Å²) >= 11 is 0. The van der Waals surface area contributed by atoms with E-state index in [0.29, 0.717) is 12.2 Å². The summed E-state index contributed by atoms with van der Waals surface area (Å²) in [5.41, 5.74) is 1.17. The van der Waals surface area contributed by atoms with Gasteiger partial charge < -0.3 is 20.5 Å². The van der Waals surface area contributed by atoms with Crippen LogP contribution < -0.4 is 15.4 Å². The monoisotopic (exact) mass is 350 g/mol. The molecule has 1 rings (SSSR count). The molecule has 3 N–H and O–H groups in total. The van der Waals surface area contributed by atoms with Gasteiger partial charge in [-0.3, -0.25) is 9.59 Å². The van der Waals surface area contributed by atoms with Gasteiger partial charge in [0.1, 0.15) is 11.8 Å². The molecule has 2 amide bonds. The Morgan fingerprint density at radius 3 is 2.28 bits per heavy atom. The second-order valence-electron chi connectivity index (χ2n) is 6.15. The van der Waals surface area contributed by atoms with Gasteiger partial charge in [-0.05, 0) is 36.5 Å². The quantitative estimate of drug-likeness (QED) is 0.591. The predicted molar refractivity (Wildman–Crippen MR) is 93.3 cm³/mol. The van der Waals surface area contributed by atoms with Crippen molar-refractivity contribution < 1.29 is 24.2 Å². The van der Waals surface area contributed by atoms with Crippen molar-refractivity contribution in [2.75, 3.05) is 13.2 Å². The molecule has 0 aliphatic heterocycles. The smallest absolute Gasteiger partial charge is 0.326 e. The van der Waals surface area contributed by atoms with Crippen LogP contribution in [0.4, 0.5) is 0 Å². The van der Waals surface area contributed by atoms with E-state index in [-0.39, 0.29) is 19.1 Å². The van der Waals surface area contributed by atoms with Crippen molar-refractivity contribution in [3.63, 3.8) is 0 Å². The average molecular weight is 350 g/mol. The Hall–Kier alpha value is -2.57. The van der Waals surface area contributed by atoms with Crippen LogP contribution >= 0.6 is 0 Å². The number of aryl methyl sites for hydroxylation is 1. The molecular weight excluding hydrogens is 324 g/mol. The summed E-state index contributed by atoms with van der Waals surface area (Å²) in [5, 5.41) is 13.9. The van der Waals surface area contributed by atoms with E-state index in [0.717, 1.165) is 6.42 Å². The van der Waals surface area contributed by atoms with Gasteiger partial charge >= 0.3 is 5.97 Å². The topological polar surface area (TPSA) is 105 Å². The first kappa shape index (κ1) is 20.5. The number of hydrogen-bond acceptors (Lipinski definition) is 4. The molecule has 0 bridgehead atoms. The van der Waals surface area contributed by atoms with E-state index in [9.17, 15) is 14.4 Å². The van der Waals surface area contributed by atoms with E-state index < -0.39 is 23.8 Å². The fraction of sp³-hybridized carbons (Fsp3) is 0.500. The minimum atomic E-state index is -1.09. The number of aliphatic carboxylic acids is 1. The van der Waals surface area contributed by atoms with Gasteiger partial charge in [0.25, 0.3) is 5.91 Å². The number of carbonyl (C=O) groups excluding carboxylic acids is 2. The molecule has 0 saturated carbocycles. The summed E-state index contributed by atoms with van der Waals surface area (Å²) in [7, 11) is 0. The highest BCUT2D eigenvalue weighted by atomic mass is 16.5. The van der Waals surface area contributed by atoms with Crippen molar-refractivity contribution in [3.8, 4) is 5.75 Å². The van der Waals surface area contributed by atoms with E-state index in [1.165, 1.54) is 5.56 Å². The van der Waals surface area contributed by atoms with E-state index in [2.05, 4.69) is 10.6 Å². The first-order valence-electron chi connectivity index (χ1n) is 8.32. The number of hydrogen-bond donors (Lipinski definition) is 3. The number of benzene rings is 1. The number of carboxylic acids is 1. The van der Waals surface area contributed by atoms with Crippen LogP contribution in [0.3, 0.4) is 0 Å². The molecule has 138 valence electrons. The molecule has 0 heterocycles. The fourth-order valence-electron chi connectivity index (χ4n) is 2.14. The SMILES string of the molecule is CCc1ccc(OCC(=O)NCC(=O)N[C@@H](CC(C)C)C(=O)O)cc1. The number of ether oxygens (including phenoxy) is 1. The van der Waals surface area contributed by atoms with Gasteiger partial charge in [-0.2, -0.15) is 0 Å². The van der Waals surface area contributed by atoms with Gasteiger partial charge in [-0.15, -0.1) is 0 Å². The van der Waals surface area contributed by atoms with Crippen LogP contribution in [0.25, 0.3) is 0 Å². The van der Waals surface area contributed by atoms with Gasteiger partial charge in [-0.1, -0.05) is 32.9 Å². The molecule has 7 nitrogen and oxygen atoms in total. The van der Waals surface area contributed by atoms with Gasteiger partial charge in [0, 0.05) is 0 Å². The number of carbonyl (C=O) groups is 3. The van der Waals surface area contributed by atoms with Crippen LogP contribution in [-0.2, 0) is 20.8 Å². The molecule has 0 aliphatic rings. The van der Waals surface area contributed by atoms with Crippen LogP contribution in [0.1, 0.15) is 32.8 Å². The second-order valence-corrected chi connectivity index (χ2v) is 6.15. The fourth-order valence-corrected chi connectivity index (χ4v) is 2.14. The second kappa shape index (κ2) is 10.3. The zero-order valence-electron chi connectivity index (χ0n) is 14.9. The Bertz CT molecular complexity index is 584. The van der Waals surface area contributed by atoms with Crippen molar-refractivity contribution in [1.82, 2.24) is 10.6 Å². The highest BCUT2D eigenvalue weighted by molar-refractivity contribution is 5.88. The molecule has 1 atom stereocenters. The van der Waals surface area contributed by atoms with Crippen LogP contribution in [0, 0.1) is 5.92 Å². The molecule has 0 radical (unpaired) electrons.